The number of hydrogen-bond donors (Lipinski definition) is 2. The Morgan fingerprint density at radius 3 is 2.48 bits per heavy atom. The van der Waals surface area contributed by atoms with E-state index in [1.165, 1.54) is 9.47 Å². The lowest BCUT2D eigenvalue weighted by atomic mass is 10.2. The second kappa shape index (κ2) is 12.3. The predicted molar refractivity (Wildman–Crippen MR) is 129 cm³/mol. The lowest BCUT2D eigenvalue weighted by Crippen LogP contribution is -2.44. The molecule has 10 nitrogen and oxygen atoms in total. The average Bonchev–Trinajstić information content (AvgIpc) is 2.79. The van der Waals surface area contributed by atoms with Crippen LogP contribution in [0.1, 0.15) is 40.0 Å². The molecule has 2 aromatic rings. The fourth-order valence-corrected chi connectivity index (χ4v) is 3.47. The van der Waals surface area contributed by atoms with Crippen molar-refractivity contribution in [1.82, 2.24) is 9.55 Å². The van der Waals surface area contributed by atoms with Crippen molar-refractivity contribution in [1.29, 1.82) is 5.26 Å². The van der Waals surface area contributed by atoms with Crippen LogP contribution < -0.4 is 31.5 Å². The Bertz CT molecular complexity index is 1080. The zero-order valence-corrected chi connectivity index (χ0v) is 19.5. The number of H-pyrrole nitrogens is 1. The van der Waals surface area contributed by atoms with Crippen LogP contribution in [0.5, 0.6) is 5.75 Å². The summed E-state index contributed by atoms with van der Waals surface area (Å²) in [7, 11) is 0. The highest BCUT2D eigenvalue weighted by molar-refractivity contribution is 5.96. The summed E-state index contributed by atoms with van der Waals surface area (Å²) in [5.41, 5.74) is 5.71. The van der Waals surface area contributed by atoms with Crippen LogP contribution in [-0.2, 0) is 11.3 Å². The van der Waals surface area contributed by atoms with E-state index in [-0.39, 0.29) is 36.9 Å². The number of aromatic nitrogens is 2. The molecule has 0 spiro atoms. The van der Waals surface area contributed by atoms with Crippen molar-refractivity contribution in [2.75, 3.05) is 41.8 Å². The van der Waals surface area contributed by atoms with Crippen LogP contribution in [-0.4, -0.2) is 41.7 Å². The highest BCUT2D eigenvalue weighted by atomic mass is 16.5. The molecule has 0 fully saturated rings. The molecule has 3 N–H and O–H groups in total. The number of anilines is 3. The van der Waals surface area contributed by atoms with Crippen LogP contribution in [0.2, 0.25) is 0 Å². The van der Waals surface area contributed by atoms with Gasteiger partial charge in [0.2, 0.25) is 5.91 Å². The van der Waals surface area contributed by atoms with Crippen LogP contribution in [0.3, 0.4) is 0 Å². The number of ether oxygens (including phenoxy) is 1. The minimum absolute atomic E-state index is 0.0384. The van der Waals surface area contributed by atoms with Crippen molar-refractivity contribution in [3.8, 4) is 11.8 Å². The van der Waals surface area contributed by atoms with Gasteiger partial charge in [0.25, 0.3) is 5.56 Å². The molecule has 0 radical (unpaired) electrons. The fourth-order valence-electron chi connectivity index (χ4n) is 3.47. The maximum absolute atomic E-state index is 13.3. The Kier molecular flexibility index (Phi) is 9.54. The number of nitrogen functional groups attached to an aromatic ring is 1. The van der Waals surface area contributed by atoms with Gasteiger partial charge in [-0.05, 0) is 44.5 Å². The van der Waals surface area contributed by atoms with Gasteiger partial charge in [0.1, 0.15) is 17.3 Å². The number of benzene rings is 1. The SMILES string of the molecule is CCCCn1c(N)c(N(CC)CC(=O)N(CCC#N)c2ccc(OCC)cc2)c(=O)[nH]c1=O. The summed E-state index contributed by atoms with van der Waals surface area (Å²) >= 11 is 0. The molecule has 33 heavy (non-hydrogen) atoms. The number of nitrogens with one attached hydrogen (secondary N) is 1. The van der Waals surface area contributed by atoms with Gasteiger partial charge < -0.3 is 20.3 Å². The summed E-state index contributed by atoms with van der Waals surface area (Å²) < 4.78 is 6.78. The number of rotatable bonds is 12. The van der Waals surface area contributed by atoms with Gasteiger partial charge >= 0.3 is 5.69 Å². The lowest BCUT2D eigenvalue weighted by molar-refractivity contribution is -0.117. The molecule has 0 saturated heterocycles. The molecule has 0 atom stereocenters. The third kappa shape index (κ3) is 6.38. The van der Waals surface area contributed by atoms with E-state index in [0.29, 0.717) is 31.1 Å². The van der Waals surface area contributed by atoms with Gasteiger partial charge in [0.05, 0.1) is 25.6 Å². The third-order valence-electron chi connectivity index (χ3n) is 5.18. The first-order chi connectivity index (χ1) is 15.9. The van der Waals surface area contributed by atoms with Gasteiger partial charge in [0, 0.05) is 25.3 Å². The molecule has 1 aromatic carbocycles. The van der Waals surface area contributed by atoms with E-state index < -0.39 is 11.2 Å². The van der Waals surface area contributed by atoms with E-state index in [4.69, 9.17) is 15.7 Å². The van der Waals surface area contributed by atoms with Crippen LogP contribution >= 0.6 is 0 Å². The Hall–Kier alpha value is -3.74. The van der Waals surface area contributed by atoms with E-state index in [1.54, 1.807) is 36.1 Å². The molecule has 0 saturated carbocycles. The van der Waals surface area contributed by atoms with Gasteiger partial charge in [-0.15, -0.1) is 0 Å². The predicted octanol–water partition coefficient (Wildman–Crippen LogP) is 2.09. The molecule has 1 heterocycles. The van der Waals surface area contributed by atoms with E-state index in [2.05, 4.69) is 11.1 Å². The Labute approximate surface area is 193 Å². The number of nitrogens with two attached hydrogens (primary N) is 1. The highest BCUT2D eigenvalue weighted by Gasteiger charge is 2.23. The number of amides is 1. The molecule has 1 amide bonds. The average molecular weight is 457 g/mol. The number of unbranched alkanes of at least 4 members (excludes halogenated alkanes) is 1. The Morgan fingerprint density at radius 2 is 1.91 bits per heavy atom. The molecule has 0 bridgehead atoms. The lowest BCUT2D eigenvalue weighted by Gasteiger charge is -2.28. The Morgan fingerprint density at radius 1 is 1.21 bits per heavy atom. The van der Waals surface area contributed by atoms with E-state index in [9.17, 15) is 14.4 Å². The van der Waals surface area contributed by atoms with Crippen molar-refractivity contribution in [3.05, 3.63) is 45.1 Å². The summed E-state index contributed by atoms with van der Waals surface area (Å²) in [4.78, 5) is 43.5. The minimum atomic E-state index is -0.635. The second-order valence-electron chi connectivity index (χ2n) is 7.39. The van der Waals surface area contributed by atoms with Gasteiger partial charge in [-0.2, -0.15) is 5.26 Å². The van der Waals surface area contributed by atoms with Crippen molar-refractivity contribution in [2.45, 2.75) is 46.6 Å². The zero-order valence-electron chi connectivity index (χ0n) is 19.5. The fraction of sp³-hybridized carbons (Fsp3) is 0.478. The number of likely N-dealkylation sites (N-methyl/N-ethyl adjacent to an activating group) is 1. The van der Waals surface area contributed by atoms with Gasteiger partial charge in [-0.25, -0.2) is 4.79 Å². The van der Waals surface area contributed by atoms with Crippen molar-refractivity contribution in [3.63, 3.8) is 0 Å². The standard InChI is InChI=1S/C23H32N6O4/c1-4-7-14-29-21(25)20(22(31)26-23(29)32)27(5-2)16-19(30)28(15-8-13-24)17-9-11-18(12-10-17)33-6-3/h9-12H,4-8,14-16,25H2,1-3H3,(H,26,31,32). The largest absolute Gasteiger partial charge is 0.494 e. The first kappa shape index (κ1) is 25.5. The van der Waals surface area contributed by atoms with Gasteiger partial charge in [0.15, 0.2) is 0 Å². The third-order valence-corrected chi connectivity index (χ3v) is 5.18. The number of nitrogens with zero attached hydrogens (tertiary/aromatic N) is 4. The molecule has 0 aliphatic heterocycles. The number of hydrogen-bond acceptors (Lipinski definition) is 7. The quantitative estimate of drug-likeness (QED) is 0.499. The van der Waals surface area contributed by atoms with E-state index in [1.807, 2.05) is 13.8 Å². The van der Waals surface area contributed by atoms with Crippen LogP contribution in [0.4, 0.5) is 17.2 Å². The molecule has 2 rings (SSSR count). The molecule has 1 aromatic heterocycles. The van der Waals surface area contributed by atoms with Crippen LogP contribution in [0.15, 0.2) is 33.9 Å². The normalized spacial score (nSPS) is 10.5. The van der Waals surface area contributed by atoms with E-state index >= 15 is 0 Å². The maximum atomic E-state index is 13.3. The number of carbonyl (C=O) groups excluding carboxylic acids is 1. The molecular weight excluding hydrogens is 424 g/mol. The summed E-state index contributed by atoms with van der Waals surface area (Å²) in [5, 5.41) is 9.05. The minimum Gasteiger partial charge on any atom is -0.494 e. The summed E-state index contributed by atoms with van der Waals surface area (Å²) in [6.07, 6.45) is 1.72. The van der Waals surface area contributed by atoms with Crippen molar-refractivity contribution in [2.24, 2.45) is 0 Å². The molecule has 178 valence electrons. The molecule has 10 heteroatoms. The zero-order chi connectivity index (χ0) is 24.4. The van der Waals surface area contributed by atoms with Crippen molar-refractivity contribution < 1.29 is 9.53 Å². The summed E-state index contributed by atoms with van der Waals surface area (Å²) in [6.45, 7) is 6.94. The highest BCUT2D eigenvalue weighted by Crippen LogP contribution is 2.22. The number of aromatic amines is 1. The number of nitriles is 1. The molecular formula is C23H32N6O4. The summed E-state index contributed by atoms with van der Waals surface area (Å²) in [6, 6.07) is 9.08. The topological polar surface area (TPSA) is 137 Å². The smallest absolute Gasteiger partial charge is 0.330 e. The monoisotopic (exact) mass is 456 g/mol. The molecule has 0 unspecified atom stereocenters. The van der Waals surface area contributed by atoms with Crippen LogP contribution in [0, 0.1) is 11.3 Å². The molecule has 0 aliphatic carbocycles. The summed E-state index contributed by atoms with van der Waals surface area (Å²) in [5.74, 6) is 0.413. The Balaban J connectivity index is 2.36. The number of carbonyl (C=O) groups is 1. The van der Waals surface area contributed by atoms with Crippen LogP contribution in [0.25, 0.3) is 0 Å². The first-order valence-electron chi connectivity index (χ1n) is 11.2. The second-order valence-corrected chi connectivity index (χ2v) is 7.39. The maximum Gasteiger partial charge on any atom is 0.330 e. The van der Waals surface area contributed by atoms with Crippen molar-refractivity contribution >= 4 is 23.1 Å². The van der Waals surface area contributed by atoms with E-state index in [0.717, 1.165) is 12.8 Å². The molecule has 0 aliphatic rings. The van der Waals surface area contributed by atoms with Gasteiger partial charge in [-0.3, -0.25) is 19.1 Å². The first-order valence-corrected chi connectivity index (χ1v) is 11.2. The van der Waals surface area contributed by atoms with Gasteiger partial charge in [-0.1, -0.05) is 13.3 Å².